The lowest BCUT2D eigenvalue weighted by atomic mass is 10.1. The average molecular weight is 291 g/mol. The summed E-state index contributed by atoms with van der Waals surface area (Å²) in [5, 5.41) is 11.8. The number of para-hydroxylation sites is 1. The summed E-state index contributed by atoms with van der Waals surface area (Å²) in [7, 11) is 1.72. The molecule has 2 aromatic carbocycles. The van der Waals surface area contributed by atoms with Crippen molar-refractivity contribution in [3.05, 3.63) is 65.2 Å². The molecule has 0 heterocycles. The second-order valence-corrected chi connectivity index (χ2v) is 4.59. The van der Waals surface area contributed by atoms with Crippen LogP contribution in [0.5, 0.6) is 0 Å². The van der Waals surface area contributed by atoms with Crippen LogP contribution < -0.4 is 10.6 Å². The molecule has 110 valence electrons. The van der Waals surface area contributed by atoms with E-state index in [1.54, 1.807) is 36.2 Å². The third-order valence-electron chi connectivity index (χ3n) is 3.11. The molecule has 3 N–H and O–H groups in total. The molecule has 2 rings (SSSR count). The molecule has 21 heavy (non-hydrogen) atoms. The highest BCUT2D eigenvalue weighted by Crippen LogP contribution is 2.22. The predicted octanol–water partition coefficient (Wildman–Crippen LogP) is 2.70. The Kier molecular flexibility index (Phi) is 4.37. The van der Waals surface area contributed by atoms with Gasteiger partial charge >= 0.3 is 0 Å². The highest BCUT2D eigenvalue weighted by atomic mass is 19.1. The molecule has 0 aromatic heterocycles. The number of nitrogens with zero attached hydrogens (tertiary/aromatic N) is 2. The molecule has 6 heteroatoms. The Morgan fingerprint density at radius 1 is 1.24 bits per heavy atom. The minimum absolute atomic E-state index is 0.0443. The molecule has 2 aromatic rings. The summed E-state index contributed by atoms with van der Waals surface area (Å²) in [6.07, 6.45) is 0. The second kappa shape index (κ2) is 6.21. The molecule has 0 fully saturated rings. The van der Waals surface area contributed by atoms with Crippen molar-refractivity contribution in [3.63, 3.8) is 0 Å². The Morgan fingerprint density at radius 2 is 1.95 bits per heavy atom. The molecule has 0 saturated heterocycles. The van der Waals surface area contributed by atoms with Gasteiger partial charge in [0.1, 0.15) is 11.6 Å². The zero-order valence-electron chi connectivity index (χ0n) is 11.4. The molecule has 0 amide bonds. The van der Waals surface area contributed by atoms with Gasteiger partial charge in [-0.25, -0.2) is 8.78 Å². The highest BCUT2D eigenvalue weighted by molar-refractivity contribution is 6.02. The van der Waals surface area contributed by atoms with E-state index in [4.69, 9.17) is 10.9 Å². The Labute approximate surface area is 121 Å². The number of hydrogen-bond donors (Lipinski definition) is 2. The van der Waals surface area contributed by atoms with Gasteiger partial charge in [-0.2, -0.15) is 0 Å². The standard InChI is InChI=1S/C15H15F2N3O/c1-20(9-10-8-11(16)6-7-13(10)17)14-5-3-2-4-12(14)15(18)19-21/h2-8,21H,9H2,1H3,(H2,18,19). The molecule has 0 aliphatic carbocycles. The molecule has 0 unspecified atom stereocenters. The normalized spacial score (nSPS) is 11.5. The van der Waals surface area contributed by atoms with Crippen molar-refractivity contribution >= 4 is 11.5 Å². The maximum Gasteiger partial charge on any atom is 0.172 e. The van der Waals surface area contributed by atoms with Gasteiger partial charge in [0.2, 0.25) is 0 Å². The monoisotopic (exact) mass is 291 g/mol. The maximum atomic E-state index is 13.7. The van der Waals surface area contributed by atoms with Gasteiger partial charge < -0.3 is 15.8 Å². The summed E-state index contributed by atoms with van der Waals surface area (Å²) in [4.78, 5) is 1.70. The van der Waals surface area contributed by atoms with Gasteiger partial charge in [0.05, 0.1) is 0 Å². The van der Waals surface area contributed by atoms with Crippen molar-refractivity contribution in [2.24, 2.45) is 10.9 Å². The van der Waals surface area contributed by atoms with E-state index in [2.05, 4.69) is 5.16 Å². The molecule has 4 nitrogen and oxygen atoms in total. The van der Waals surface area contributed by atoms with E-state index in [9.17, 15) is 8.78 Å². The number of hydrogen-bond acceptors (Lipinski definition) is 3. The summed E-state index contributed by atoms with van der Waals surface area (Å²) in [6, 6.07) is 10.3. The van der Waals surface area contributed by atoms with Crippen LogP contribution in [-0.2, 0) is 6.54 Å². The zero-order chi connectivity index (χ0) is 15.4. The molecule has 0 radical (unpaired) electrons. The van der Waals surface area contributed by atoms with Crippen molar-refractivity contribution in [1.82, 2.24) is 0 Å². The number of halogens is 2. The number of nitrogens with two attached hydrogens (primary N) is 1. The Morgan fingerprint density at radius 3 is 2.67 bits per heavy atom. The van der Waals surface area contributed by atoms with Crippen LogP contribution in [0.1, 0.15) is 11.1 Å². The molecule has 0 spiro atoms. The number of benzene rings is 2. The molecule has 0 aliphatic heterocycles. The van der Waals surface area contributed by atoms with Crippen LogP contribution in [0.2, 0.25) is 0 Å². The minimum atomic E-state index is -0.496. The lowest BCUT2D eigenvalue weighted by molar-refractivity contribution is 0.318. The number of rotatable bonds is 4. The predicted molar refractivity (Wildman–Crippen MR) is 77.4 cm³/mol. The summed E-state index contributed by atoms with van der Waals surface area (Å²) in [6.45, 7) is 0.152. The van der Waals surface area contributed by atoms with Gasteiger partial charge in [0.25, 0.3) is 0 Å². The summed E-state index contributed by atoms with van der Waals surface area (Å²) < 4.78 is 26.9. The molecular formula is C15H15F2N3O. The molecule has 0 saturated carbocycles. The molecule has 0 aliphatic rings. The van der Waals surface area contributed by atoms with Crippen LogP contribution in [0.3, 0.4) is 0 Å². The quantitative estimate of drug-likeness (QED) is 0.394. The van der Waals surface area contributed by atoms with Gasteiger partial charge in [0, 0.05) is 30.4 Å². The third-order valence-corrected chi connectivity index (χ3v) is 3.11. The van der Waals surface area contributed by atoms with Gasteiger partial charge in [-0.3, -0.25) is 0 Å². The van der Waals surface area contributed by atoms with E-state index in [0.29, 0.717) is 11.3 Å². The van der Waals surface area contributed by atoms with E-state index in [-0.39, 0.29) is 17.9 Å². The van der Waals surface area contributed by atoms with E-state index < -0.39 is 11.6 Å². The first-order valence-electron chi connectivity index (χ1n) is 6.25. The first-order chi connectivity index (χ1) is 10.0. The second-order valence-electron chi connectivity index (χ2n) is 4.59. The number of oxime groups is 1. The van der Waals surface area contributed by atoms with Crippen LogP contribution in [0.25, 0.3) is 0 Å². The summed E-state index contributed by atoms with van der Waals surface area (Å²) in [5.41, 5.74) is 7.01. The summed E-state index contributed by atoms with van der Waals surface area (Å²) in [5.74, 6) is -1.02. The number of anilines is 1. The fraction of sp³-hybridized carbons (Fsp3) is 0.133. The SMILES string of the molecule is CN(Cc1cc(F)ccc1F)c1ccccc1/C(N)=N/O. The Bertz CT molecular complexity index is 674. The van der Waals surface area contributed by atoms with Crippen LogP contribution in [0, 0.1) is 11.6 Å². The van der Waals surface area contributed by atoms with Crippen LogP contribution >= 0.6 is 0 Å². The Balaban J connectivity index is 2.33. The van der Waals surface area contributed by atoms with Crippen molar-refractivity contribution < 1.29 is 14.0 Å². The van der Waals surface area contributed by atoms with Gasteiger partial charge in [-0.15, -0.1) is 0 Å². The first-order valence-corrected chi connectivity index (χ1v) is 6.25. The van der Waals surface area contributed by atoms with Crippen LogP contribution in [0.15, 0.2) is 47.6 Å². The van der Waals surface area contributed by atoms with Crippen molar-refractivity contribution in [2.75, 3.05) is 11.9 Å². The zero-order valence-corrected chi connectivity index (χ0v) is 11.4. The topological polar surface area (TPSA) is 61.8 Å². The maximum absolute atomic E-state index is 13.7. The van der Waals surface area contributed by atoms with Crippen LogP contribution in [0.4, 0.5) is 14.5 Å². The Hall–Kier alpha value is -2.63. The first kappa shape index (κ1) is 14.8. The molecule has 0 atom stereocenters. The van der Waals surface area contributed by atoms with E-state index in [1.165, 1.54) is 0 Å². The van der Waals surface area contributed by atoms with Gasteiger partial charge in [0.15, 0.2) is 5.84 Å². The van der Waals surface area contributed by atoms with E-state index in [0.717, 1.165) is 18.2 Å². The molecule has 0 bridgehead atoms. The van der Waals surface area contributed by atoms with Gasteiger partial charge in [-0.1, -0.05) is 17.3 Å². The van der Waals surface area contributed by atoms with Crippen molar-refractivity contribution in [3.8, 4) is 0 Å². The minimum Gasteiger partial charge on any atom is -0.409 e. The third kappa shape index (κ3) is 3.28. The van der Waals surface area contributed by atoms with Gasteiger partial charge in [-0.05, 0) is 30.3 Å². The number of amidine groups is 1. The largest absolute Gasteiger partial charge is 0.409 e. The van der Waals surface area contributed by atoms with Crippen LogP contribution in [-0.4, -0.2) is 18.1 Å². The average Bonchev–Trinajstić information content (AvgIpc) is 2.50. The van der Waals surface area contributed by atoms with E-state index >= 15 is 0 Å². The summed E-state index contributed by atoms with van der Waals surface area (Å²) >= 11 is 0. The smallest absolute Gasteiger partial charge is 0.172 e. The highest BCUT2D eigenvalue weighted by Gasteiger charge is 2.13. The lowest BCUT2D eigenvalue weighted by Gasteiger charge is -2.22. The molecular weight excluding hydrogens is 276 g/mol. The van der Waals surface area contributed by atoms with Crippen molar-refractivity contribution in [1.29, 1.82) is 0 Å². The fourth-order valence-electron chi connectivity index (χ4n) is 2.08. The fourth-order valence-corrected chi connectivity index (χ4v) is 2.08. The van der Waals surface area contributed by atoms with Crippen molar-refractivity contribution in [2.45, 2.75) is 6.54 Å². The van der Waals surface area contributed by atoms with E-state index in [1.807, 2.05) is 0 Å². The lowest BCUT2D eigenvalue weighted by Crippen LogP contribution is -2.23.